The maximum atomic E-state index is 12.1. The van der Waals surface area contributed by atoms with Crippen LogP contribution in [0.5, 0.6) is 0 Å². The molecule has 9 heteroatoms. The Bertz CT molecular complexity index is 363. The molecule has 0 aromatic rings. The van der Waals surface area contributed by atoms with E-state index in [0.29, 0.717) is 0 Å². The van der Waals surface area contributed by atoms with Gasteiger partial charge in [0.15, 0.2) is 0 Å². The SMILES string of the molecule is O=C(O)[C@H]1NCC[C@@H]1S(=O)(=O)C(F)(F)F. The minimum Gasteiger partial charge on any atom is -0.480 e. The van der Waals surface area contributed by atoms with Gasteiger partial charge in [0.1, 0.15) is 6.04 Å². The summed E-state index contributed by atoms with van der Waals surface area (Å²) in [5, 5.41) is 8.79. The van der Waals surface area contributed by atoms with Crippen LogP contribution in [0.15, 0.2) is 0 Å². The normalized spacial score (nSPS) is 27.9. The molecule has 2 atom stereocenters. The lowest BCUT2D eigenvalue weighted by Gasteiger charge is -2.17. The quantitative estimate of drug-likeness (QED) is 0.702. The number of carbonyl (C=O) groups is 1. The molecule has 2 N–H and O–H groups in total. The molecule has 0 radical (unpaired) electrons. The van der Waals surface area contributed by atoms with Crippen molar-refractivity contribution < 1.29 is 31.5 Å². The monoisotopic (exact) mass is 247 g/mol. The van der Waals surface area contributed by atoms with Gasteiger partial charge in [-0.3, -0.25) is 4.79 Å². The van der Waals surface area contributed by atoms with Crippen LogP contribution in [0.25, 0.3) is 0 Å². The fourth-order valence-electron chi connectivity index (χ4n) is 1.43. The number of hydrogen-bond donors (Lipinski definition) is 2. The summed E-state index contributed by atoms with van der Waals surface area (Å²) < 4.78 is 58.2. The van der Waals surface area contributed by atoms with Gasteiger partial charge in [0.25, 0.3) is 9.84 Å². The van der Waals surface area contributed by atoms with Crippen molar-refractivity contribution in [2.24, 2.45) is 0 Å². The van der Waals surface area contributed by atoms with Crippen LogP contribution in [-0.4, -0.2) is 42.8 Å². The van der Waals surface area contributed by atoms with Crippen LogP contribution in [0.4, 0.5) is 13.2 Å². The van der Waals surface area contributed by atoms with Gasteiger partial charge in [-0.2, -0.15) is 13.2 Å². The predicted octanol–water partition coefficient (Wildman–Crippen LogP) is -0.264. The summed E-state index contributed by atoms with van der Waals surface area (Å²) in [5.41, 5.74) is -5.41. The minimum atomic E-state index is -5.41. The molecule has 1 aliphatic heterocycles. The van der Waals surface area contributed by atoms with Crippen LogP contribution in [0.1, 0.15) is 6.42 Å². The smallest absolute Gasteiger partial charge is 0.480 e. The van der Waals surface area contributed by atoms with Gasteiger partial charge in [-0.25, -0.2) is 8.42 Å². The van der Waals surface area contributed by atoms with E-state index in [1.165, 1.54) is 0 Å². The Hall–Kier alpha value is -0.830. The highest BCUT2D eigenvalue weighted by molar-refractivity contribution is 7.93. The Kier molecular flexibility index (Phi) is 2.97. The van der Waals surface area contributed by atoms with Crippen molar-refractivity contribution in [2.75, 3.05) is 6.54 Å². The van der Waals surface area contributed by atoms with E-state index in [1.807, 2.05) is 0 Å². The summed E-state index contributed by atoms with van der Waals surface area (Å²) in [7, 11) is -5.41. The van der Waals surface area contributed by atoms with E-state index in [0.717, 1.165) is 0 Å². The highest BCUT2D eigenvalue weighted by Crippen LogP contribution is 2.31. The number of carboxylic acid groups (broad SMARTS) is 1. The molecule has 15 heavy (non-hydrogen) atoms. The molecule has 0 aliphatic carbocycles. The topological polar surface area (TPSA) is 83.5 Å². The van der Waals surface area contributed by atoms with Gasteiger partial charge in [-0.05, 0) is 13.0 Å². The molecule has 0 aromatic heterocycles. The fourth-order valence-corrected chi connectivity index (χ4v) is 2.77. The lowest BCUT2D eigenvalue weighted by Crippen LogP contribution is -2.46. The van der Waals surface area contributed by atoms with Crippen molar-refractivity contribution in [2.45, 2.75) is 23.2 Å². The van der Waals surface area contributed by atoms with Crippen LogP contribution < -0.4 is 5.32 Å². The molecular weight excluding hydrogens is 239 g/mol. The zero-order valence-corrected chi connectivity index (χ0v) is 8.10. The van der Waals surface area contributed by atoms with Crippen molar-refractivity contribution in [3.05, 3.63) is 0 Å². The molecular formula is C6H8F3NO4S. The van der Waals surface area contributed by atoms with Gasteiger partial charge in [-0.1, -0.05) is 0 Å². The number of aliphatic carboxylic acids is 1. The fraction of sp³-hybridized carbons (Fsp3) is 0.833. The summed E-state index contributed by atoms with van der Waals surface area (Å²) in [6.07, 6.45) is -0.348. The zero-order valence-electron chi connectivity index (χ0n) is 7.28. The molecule has 5 nitrogen and oxygen atoms in total. The summed E-state index contributed by atoms with van der Waals surface area (Å²) >= 11 is 0. The first-order chi connectivity index (χ1) is 6.68. The lowest BCUT2D eigenvalue weighted by molar-refractivity contribution is -0.138. The predicted molar refractivity (Wildman–Crippen MR) is 42.8 cm³/mol. The Morgan fingerprint density at radius 3 is 2.33 bits per heavy atom. The molecule has 1 fully saturated rings. The van der Waals surface area contributed by atoms with E-state index in [2.05, 4.69) is 5.32 Å². The number of carboxylic acids is 1. The second kappa shape index (κ2) is 3.63. The number of sulfone groups is 1. The molecule has 0 aromatic carbocycles. The van der Waals surface area contributed by atoms with Gasteiger partial charge < -0.3 is 10.4 Å². The van der Waals surface area contributed by atoms with E-state index in [9.17, 15) is 26.4 Å². The van der Waals surface area contributed by atoms with Crippen molar-refractivity contribution in [1.29, 1.82) is 0 Å². The minimum absolute atomic E-state index is 0.0586. The van der Waals surface area contributed by atoms with Crippen LogP contribution in [0.3, 0.4) is 0 Å². The number of alkyl halides is 3. The standard InChI is InChI=1S/C6H8F3NO4S/c7-6(8,9)15(13,14)3-1-2-10-4(3)5(11)12/h3-4,10H,1-2H2,(H,11,12)/t3-,4-/m0/s1. The molecule has 0 saturated carbocycles. The largest absolute Gasteiger partial charge is 0.497 e. The van der Waals surface area contributed by atoms with E-state index >= 15 is 0 Å². The molecule has 1 aliphatic rings. The number of hydrogen-bond acceptors (Lipinski definition) is 4. The Morgan fingerprint density at radius 1 is 1.40 bits per heavy atom. The van der Waals surface area contributed by atoms with Crippen molar-refractivity contribution in [3.63, 3.8) is 0 Å². The zero-order chi connectivity index (χ0) is 11.9. The molecule has 0 unspecified atom stereocenters. The molecule has 0 spiro atoms. The molecule has 1 heterocycles. The van der Waals surface area contributed by atoms with E-state index in [-0.39, 0.29) is 13.0 Å². The first-order valence-corrected chi connectivity index (χ1v) is 5.49. The number of halogens is 3. The van der Waals surface area contributed by atoms with Crippen molar-refractivity contribution in [3.8, 4) is 0 Å². The first kappa shape index (κ1) is 12.2. The van der Waals surface area contributed by atoms with Crippen LogP contribution >= 0.6 is 0 Å². The maximum absolute atomic E-state index is 12.1. The van der Waals surface area contributed by atoms with E-state index in [4.69, 9.17) is 5.11 Å². The van der Waals surface area contributed by atoms with Crippen molar-refractivity contribution >= 4 is 15.8 Å². The summed E-state index contributed by atoms with van der Waals surface area (Å²) in [6, 6.07) is -1.68. The van der Waals surface area contributed by atoms with E-state index in [1.54, 1.807) is 0 Å². The second-order valence-electron chi connectivity index (χ2n) is 3.09. The van der Waals surface area contributed by atoms with Crippen molar-refractivity contribution in [1.82, 2.24) is 5.32 Å². The molecule has 0 amide bonds. The summed E-state index contributed by atoms with van der Waals surface area (Å²) in [4.78, 5) is 10.5. The maximum Gasteiger partial charge on any atom is 0.497 e. The highest BCUT2D eigenvalue weighted by atomic mass is 32.2. The first-order valence-electron chi connectivity index (χ1n) is 3.94. The summed E-state index contributed by atoms with van der Waals surface area (Å²) in [5.74, 6) is -1.59. The van der Waals surface area contributed by atoms with Gasteiger partial charge in [0.2, 0.25) is 0 Å². The summed E-state index contributed by atoms with van der Waals surface area (Å²) in [6.45, 7) is -0.0586. The molecule has 0 bridgehead atoms. The van der Waals surface area contributed by atoms with Crippen LogP contribution in [0.2, 0.25) is 0 Å². The Balaban J connectivity index is 3.03. The Labute approximate surface area is 83.2 Å². The Morgan fingerprint density at radius 2 is 1.93 bits per heavy atom. The lowest BCUT2D eigenvalue weighted by atomic mass is 10.2. The van der Waals surface area contributed by atoms with Gasteiger partial charge in [0, 0.05) is 0 Å². The average Bonchev–Trinajstić information content (AvgIpc) is 2.48. The average molecular weight is 247 g/mol. The van der Waals surface area contributed by atoms with Crippen LogP contribution in [0, 0.1) is 0 Å². The van der Waals surface area contributed by atoms with Gasteiger partial charge >= 0.3 is 11.5 Å². The number of nitrogens with one attached hydrogen (secondary N) is 1. The van der Waals surface area contributed by atoms with Gasteiger partial charge in [0.05, 0.1) is 5.25 Å². The molecule has 1 rings (SSSR count). The molecule has 88 valence electrons. The molecule has 1 saturated heterocycles. The van der Waals surface area contributed by atoms with Crippen LogP contribution in [-0.2, 0) is 14.6 Å². The van der Waals surface area contributed by atoms with Gasteiger partial charge in [-0.15, -0.1) is 0 Å². The van der Waals surface area contributed by atoms with E-state index < -0.39 is 32.6 Å². The number of rotatable bonds is 2. The third-order valence-electron chi connectivity index (χ3n) is 2.15. The second-order valence-corrected chi connectivity index (χ2v) is 5.25. The highest BCUT2D eigenvalue weighted by Gasteiger charge is 2.55. The third kappa shape index (κ3) is 2.07. The third-order valence-corrected chi connectivity index (χ3v) is 4.10.